The second-order valence-electron chi connectivity index (χ2n) is 8.24. The largest absolute Gasteiger partial charge is 0.496 e. The van der Waals surface area contributed by atoms with Gasteiger partial charge in [0.05, 0.1) is 46.3 Å². The minimum atomic E-state index is -4.12. The van der Waals surface area contributed by atoms with Crippen molar-refractivity contribution in [3.05, 3.63) is 65.4 Å². The van der Waals surface area contributed by atoms with Crippen molar-refractivity contribution < 1.29 is 22.7 Å². The van der Waals surface area contributed by atoms with E-state index in [4.69, 9.17) is 9.47 Å². The first-order valence-electron chi connectivity index (χ1n) is 11.2. The number of carbonyl (C=O) groups is 1. The first-order valence-corrected chi connectivity index (χ1v) is 14.3. The Balaban J connectivity index is 1.57. The molecule has 38 heavy (non-hydrogen) atoms. The molecule has 1 aliphatic heterocycles. The van der Waals surface area contributed by atoms with Crippen LogP contribution >= 0.6 is 22.7 Å². The third-order valence-corrected chi connectivity index (χ3v) is 9.56. The third kappa shape index (κ3) is 4.23. The number of pyridine rings is 1. The topological polar surface area (TPSA) is 132 Å². The standard InChI is InChI=1S/C25H19N5O5S3/c1-34-19-5-4-15-8-16(19)24(31)26-11-14-3-6-20(36-14)22-23-17(28-12-29-22)9-21(37-23)13-7-18(30-38(15,32)33)25(35-2)27-10-13/h3-10,12,30H,11H2,1-2H3,(H,26,31). The number of fused-ring (bicyclic) bond motifs is 9. The van der Waals surface area contributed by atoms with Crippen LogP contribution in [0.25, 0.3) is 31.2 Å². The van der Waals surface area contributed by atoms with E-state index in [2.05, 4.69) is 25.0 Å². The van der Waals surface area contributed by atoms with Gasteiger partial charge in [0.2, 0.25) is 5.88 Å². The zero-order valence-corrected chi connectivity index (χ0v) is 22.5. The summed E-state index contributed by atoms with van der Waals surface area (Å²) in [6, 6.07) is 11.6. The number of hydrogen-bond acceptors (Lipinski definition) is 10. The number of sulfonamides is 1. The Bertz CT molecular complexity index is 1830. The Morgan fingerprint density at radius 1 is 0.947 bits per heavy atom. The summed E-state index contributed by atoms with van der Waals surface area (Å²) in [5.74, 6) is -0.116. The highest BCUT2D eigenvalue weighted by molar-refractivity contribution is 7.92. The highest BCUT2D eigenvalue weighted by Gasteiger charge is 2.23. The van der Waals surface area contributed by atoms with E-state index in [0.717, 1.165) is 30.5 Å². The summed E-state index contributed by atoms with van der Waals surface area (Å²) in [5, 5.41) is 2.86. The second kappa shape index (κ2) is 9.35. The highest BCUT2D eigenvalue weighted by Crippen LogP contribution is 2.40. The van der Waals surface area contributed by atoms with Gasteiger partial charge in [0.15, 0.2) is 0 Å². The van der Waals surface area contributed by atoms with Crippen molar-refractivity contribution in [2.75, 3.05) is 18.9 Å². The van der Waals surface area contributed by atoms with Crippen molar-refractivity contribution in [1.82, 2.24) is 20.3 Å². The van der Waals surface area contributed by atoms with Gasteiger partial charge < -0.3 is 14.8 Å². The first kappa shape index (κ1) is 24.3. The van der Waals surface area contributed by atoms with Crippen LogP contribution in [0.5, 0.6) is 11.6 Å². The smallest absolute Gasteiger partial charge is 0.262 e. The van der Waals surface area contributed by atoms with E-state index in [1.165, 1.54) is 61.4 Å². The molecule has 0 spiro atoms. The van der Waals surface area contributed by atoms with Crippen LogP contribution < -0.4 is 19.5 Å². The molecule has 0 saturated heterocycles. The summed E-state index contributed by atoms with van der Waals surface area (Å²) < 4.78 is 40.9. The summed E-state index contributed by atoms with van der Waals surface area (Å²) in [4.78, 5) is 29.0. The molecule has 0 aliphatic carbocycles. The van der Waals surface area contributed by atoms with Crippen LogP contribution in [-0.4, -0.2) is 43.5 Å². The molecule has 0 saturated carbocycles. The number of nitrogens with zero attached hydrogens (tertiary/aromatic N) is 3. The molecule has 2 N–H and O–H groups in total. The number of nitrogens with one attached hydrogen (secondary N) is 2. The van der Waals surface area contributed by atoms with Gasteiger partial charge in [-0.25, -0.2) is 23.4 Å². The number of rotatable bonds is 2. The fourth-order valence-electron chi connectivity index (χ4n) is 4.09. The minimum Gasteiger partial charge on any atom is -0.496 e. The summed E-state index contributed by atoms with van der Waals surface area (Å²) in [5.41, 5.74) is 2.47. The molecule has 192 valence electrons. The molecule has 0 unspecified atom stereocenters. The molecule has 5 aromatic rings. The number of hydrogen-bond donors (Lipinski definition) is 2. The number of aromatic nitrogens is 3. The molecule has 4 aromatic heterocycles. The lowest BCUT2D eigenvalue weighted by Gasteiger charge is -2.14. The quantitative estimate of drug-likeness (QED) is 0.319. The molecule has 13 heteroatoms. The van der Waals surface area contributed by atoms with Gasteiger partial charge in [0.1, 0.15) is 23.5 Å². The Morgan fingerprint density at radius 2 is 1.82 bits per heavy atom. The van der Waals surface area contributed by atoms with Crippen molar-refractivity contribution in [2.45, 2.75) is 11.4 Å². The maximum atomic E-state index is 13.4. The molecule has 1 aromatic carbocycles. The fourth-order valence-corrected chi connectivity index (χ4v) is 7.28. The van der Waals surface area contributed by atoms with Crippen LogP contribution in [0.15, 0.2) is 59.9 Å². The molecule has 0 fully saturated rings. The van der Waals surface area contributed by atoms with E-state index in [9.17, 15) is 13.2 Å². The Morgan fingerprint density at radius 3 is 2.63 bits per heavy atom. The molecular weight excluding hydrogens is 547 g/mol. The van der Waals surface area contributed by atoms with Gasteiger partial charge in [0, 0.05) is 21.5 Å². The lowest BCUT2D eigenvalue weighted by Crippen LogP contribution is -2.23. The fraction of sp³-hybridized carbons (Fsp3) is 0.120. The highest BCUT2D eigenvalue weighted by atomic mass is 32.2. The Kier molecular flexibility index (Phi) is 5.97. The van der Waals surface area contributed by atoms with Crippen molar-refractivity contribution >= 4 is 54.5 Å². The Hall–Kier alpha value is -4.07. The van der Waals surface area contributed by atoms with Crippen molar-refractivity contribution in [3.8, 4) is 32.6 Å². The summed E-state index contributed by atoms with van der Waals surface area (Å²) in [6.45, 7) is 0.249. The number of carbonyl (C=O) groups excluding carboxylic acids is 1. The van der Waals surface area contributed by atoms with Gasteiger partial charge in [-0.2, -0.15) is 0 Å². The summed E-state index contributed by atoms with van der Waals surface area (Å²) in [7, 11) is -1.30. The number of methoxy groups -OCH3 is 2. The normalized spacial score (nSPS) is 14.3. The number of amides is 1. The van der Waals surface area contributed by atoms with Gasteiger partial charge >= 0.3 is 0 Å². The van der Waals surface area contributed by atoms with E-state index in [1.807, 2.05) is 18.2 Å². The average molecular weight is 566 g/mol. The maximum Gasteiger partial charge on any atom is 0.262 e. The van der Waals surface area contributed by atoms with Gasteiger partial charge in [0.25, 0.3) is 15.9 Å². The third-order valence-electron chi connectivity index (χ3n) is 5.93. The van der Waals surface area contributed by atoms with Crippen LogP contribution in [-0.2, 0) is 16.6 Å². The van der Waals surface area contributed by atoms with Gasteiger partial charge in [-0.15, -0.1) is 22.7 Å². The zero-order valence-electron chi connectivity index (χ0n) is 20.0. The lowest BCUT2D eigenvalue weighted by molar-refractivity contribution is 0.0948. The first-order chi connectivity index (χ1) is 18.4. The Labute approximate surface area is 225 Å². The summed E-state index contributed by atoms with van der Waals surface area (Å²) in [6.07, 6.45) is 3.13. The van der Waals surface area contributed by atoms with Gasteiger partial charge in [-0.3, -0.25) is 9.52 Å². The molecule has 5 heterocycles. The molecule has 0 radical (unpaired) electrons. The average Bonchev–Trinajstić information content (AvgIpc) is 3.58. The zero-order chi connectivity index (χ0) is 26.4. The SMILES string of the molecule is COc1ccc2cc1C(=O)NCc1ccc(s1)-c1ncnc3cc(sc13)-c1cnc(OC)c(c1)NS2(=O)=O. The predicted octanol–water partition coefficient (Wildman–Crippen LogP) is 4.54. The number of anilines is 1. The second-order valence-corrected chi connectivity index (χ2v) is 12.1. The van der Waals surface area contributed by atoms with Crippen LogP contribution in [0.4, 0.5) is 5.69 Å². The monoisotopic (exact) mass is 565 g/mol. The van der Waals surface area contributed by atoms with Crippen molar-refractivity contribution in [3.63, 3.8) is 0 Å². The van der Waals surface area contributed by atoms with Crippen LogP contribution in [0.3, 0.4) is 0 Å². The van der Waals surface area contributed by atoms with Crippen LogP contribution in [0.1, 0.15) is 15.2 Å². The molecular formula is C25H19N5O5S3. The minimum absolute atomic E-state index is 0.0920. The maximum absolute atomic E-state index is 13.4. The van der Waals surface area contributed by atoms with E-state index in [-0.39, 0.29) is 34.3 Å². The van der Waals surface area contributed by atoms with Crippen LogP contribution in [0, 0.1) is 0 Å². The van der Waals surface area contributed by atoms with Crippen molar-refractivity contribution in [2.24, 2.45) is 0 Å². The summed E-state index contributed by atoms with van der Waals surface area (Å²) >= 11 is 3.00. The van der Waals surface area contributed by atoms with Crippen LogP contribution in [0.2, 0.25) is 0 Å². The predicted molar refractivity (Wildman–Crippen MR) is 145 cm³/mol. The van der Waals surface area contributed by atoms with Gasteiger partial charge in [-0.1, -0.05) is 0 Å². The van der Waals surface area contributed by atoms with Gasteiger partial charge in [-0.05, 0) is 42.5 Å². The number of thiophene rings is 2. The number of benzene rings is 1. The molecule has 1 aliphatic rings. The molecule has 10 nitrogen and oxygen atoms in total. The molecule has 6 rings (SSSR count). The van der Waals surface area contributed by atoms with Crippen molar-refractivity contribution in [1.29, 1.82) is 0 Å². The lowest BCUT2D eigenvalue weighted by atomic mass is 10.2. The van der Waals surface area contributed by atoms with E-state index in [0.29, 0.717) is 5.56 Å². The molecule has 1 amide bonds. The number of ether oxygens (including phenoxy) is 2. The molecule has 8 bridgehead atoms. The molecule has 0 atom stereocenters. The van der Waals surface area contributed by atoms with E-state index < -0.39 is 15.9 Å². The van der Waals surface area contributed by atoms with E-state index in [1.54, 1.807) is 12.3 Å². The van der Waals surface area contributed by atoms with E-state index >= 15 is 0 Å².